The van der Waals surface area contributed by atoms with Gasteiger partial charge in [0.05, 0.1) is 6.61 Å². The molecular formula is C51H102O6. The van der Waals surface area contributed by atoms with E-state index < -0.39 is 18.3 Å². The minimum absolute atomic E-state index is 0.00521. The number of hydrogen-bond acceptors (Lipinski definition) is 6. The minimum atomic E-state index is -0.808. The first-order valence-electron chi connectivity index (χ1n) is 23.4. The summed E-state index contributed by atoms with van der Waals surface area (Å²) in [6, 6.07) is 0. The zero-order valence-electron chi connectivity index (χ0n) is 42.1. The molecule has 0 spiro atoms. The molecule has 0 aromatic carbocycles. The lowest BCUT2D eigenvalue weighted by Gasteiger charge is -2.34. The molecule has 0 aliphatic heterocycles. The van der Waals surface area contributed by atoms with Gasteiger partial charge in [-0.15, -0.1) is 0 Å². The third-order valence-electron chi connectivity index (χ3n) is 10.6. The molecule has 0 saturated carbocycles. The number of carbonyl (C=O) groups is 1. The number of ketones is 1. The molecule has 0 amide bonds. The zero-order valence-corrected chi connectivity index (χ0v) is 42.1. The van der Waals surface area contributed by atoms with Crippen LogP contribution in [0, 0.1) is 56.7 Å². The van der Waals surface area contributed by atoms with Crippen molar-refractivity contribution in [3.63, 3.8) is 0 Å². The van der Waals surface area contributed by atoms with Crippen LogP contribution >= 0.6 is 0 Å². The van der Waals surface area contributed by atoms with Gasteiger partial charge in [-0.3, -0.25) is 4.79 Å². The Morgan fingerprint density at radius 2 is 0.702 bits per heavy atom. The second-order valence-electron chi connectivity index (χ2n) is 24.9. The number of rotatable bonds is 30. The van der Waals surface area contributed by atoms with Crippen molar-refractivity contribution in [3.8, 4) is 0 Å². The van der Waals surface area contributed by atoms with Crippen molar-refractivity contribution in [2.45, 2.75) is 221 Å². The maximum atomic E-state index is 14.4. The van der Waals surface area contributed by atoms with Crippen LogP contribution in [0.5, 0.6) is 0 Å². The number of carbonyl (C=O) groups excluding carboxylic acids is 1. The summed E-state index contributed by atoms with van der Waals surface area (Å²) in [6.45, 7) is 49.1. The Bertz CT molecular complexity index is 1020. The van der Waals surface area contributed by atoms with Crippen LogP contribution in [-0.2, 0) is 28.5 Å². The van der Waals surface area contributed by atoms with Crippen LogP contribution in [-0.4, -0.2) is 70.3 Å². The lowest BCUT2D eigenvalue weighted by Crippen LogP contribution is -2.50. The van der Waals surface area contributed by atoms with Crippen LogP contribution in [0.2, 0.25) is 0 Å². The molecule has 0 aromatic heterocycles. The van der Waals surface area contributed by atoms with Crippen molar-refractivity contribution in [1.82, 2.24) is 0 Å². The van der Waals surface area contributed by atoms with E-state index in [1.807, 2.05) is 0 Å². The predicted octanol–water partition coefficient (Wildman–Crippen LogP) is 14.1. The Morgan fingerprint density at radius 3 is 1.05 bits per heavy atom. The summed E-state index contributed by atoms with van der Waals surface area (Å²) in [5.41, 5.74) is 1.26. The quantitative estimate of drug-likeness (QED) is 0.0673. The summed E-state index contributed by atoms with van der Waals surface area (Å²) >= 11 is 0. The maximum Gasteiger partial charge on any atom is 0.189 e. The fraction of sp³-hybridized carbons (Fsp3) is 0.980. The smallest absolute Gasteiger partial charge is 0.189 e. The third-order valence-corrected chi connectivity index (χ3v) is 10.6. The van der Waals surface area contributed by atoms with E-state index in [1.165, 1.54) is 0 Å². The number of Topliss-reactive ketones (excluding diaryl/α,β-unsaturated/α-hetero) is 1. The highest BCUT2D eigenvalue weighted by Gasteiger charge is 2.38. The van der Waals surface area contributed by atoms with E-state index in [0.717, 1.165) is 64.2 Å². The van der Waals surface area contributed by atoms with Crippen LogP contribution in [0.25, 0.3) is 0 Å². The van der Waals surface area contributed by atoms with E-state index >= 15 is 0 Å². The lowest BCUT2D eigenvalue weighted by molar-refractivity contribution is -0.173. The normalized spacial score (nSPS) is 17.8. The number of hydrogen-bond donors (Lipinski definition) is 0. The molecule has 6 nitrogen and oxygen atoms in total. The Morgan fingerprint density at radius 1 is 0.404 bits per heavy atom. The molecule has 5 unspecified atom stereocenters. The molecule has 0 N–H and O–H groups in total. The van der Waals surface area contributed by atoms with Crippen molar-refractivity contribution in [1.29, 1.82) is 0 Å². The van der Waals surface area contributed by atoms with Gasteiger partial charge in [0.2, 0.25) is 0 Å². The Hall–Kier alpha value is -0.530. The summed E-state index contributed by atoms with van der Waals surface area (Å²) in [5, 5.41) is 0. The molecular weight excluding hydrogens is 709 g/mol. The molecule has 0 aromatic rings. The van der Waals surface area contributed by atoms with Gasteiger partial charge in [-0.05, 0) is 121 Å². The predicted molar refractivity (Wildman–Crippen MR) is 245 cm³/mol. The van der Waals surface area contributed by atoms with Gasteiger partial charge in [0.15, 0.2) is 5.78 Å². The van der Waals surface area contributed by atoms with E-state index in [1.54, 1.807) is 0 Å². The maximum absolute atomic E-state index is 14.4. The van der Waals surface area contributed by atoms with Gasteiger partial charge in [-0.1, -0.05) is 138 Å². The fourth-order valence-corrected chi connectivity index (χ4v) is 8.98. The third kappa shape index (κ3) is 33.8. The SMILES string of the molecule is CC(CCOCC(=O)[C@H](OCCC(C)CC(C)(C)C)[C@@H](OCCC(C)CC(C)(C)C)[C@@H](COCCC(C)CC(C)(C)C)OCCC(C)CC(C)(C)C)CC(C)(C)C. The van der Waals surface area contributed by atoms with E-state index in [9.17, 15) is 4.79 Å². The first kappa shape index (κ1) is 56.5. The monoisotopic (exact) mass is 811 g/mol. The fourth-order valence-electron chi connectivity index (χ4n) is 8.98. The van der Waals surface area contributed by atoms with Gasteiger partial charge in [-0.2, -0.15) is 0 Å². The average molecular weight is 811 g/mol. The van der Waals surface area contributed by atoms with Crippen LogP contribution in [0.15, 0.2) is 0 Å². The second kappa shape index (κ2) is 26.7. The van der Waals surface area contributed by atoms with E-state index in [2.05, 4.69) is 138 Å². The molecule has 57 heavy (non-hydrogen) atoms. The molecule has 0 radical (unpaired) electrons. The van der Waals surface area contributed by atoms with Crippen molar-refractivity contribution in [3.05, 3.63) is 0 Å². The van der Waals surface area contributed by atoms with Gasteiger partial charge >= 0.3 is 0 Å². The Balaban J connectivity index is 6.55. The Labute approximate surface area is 357 Å². The molecule has 8 atom stereocenters. The molecule has 0 saturated heterocycles. The first-order valence-corrected chi connectivity index (χ1v) is 23.4. The molecule has 0 aliphatic rings. The van der Waals surface area contributed by atoms with Crippen LogP contribution < -0.4 is 0 Å². The highest BCUT2D eigenvalue weighted by Crippen LogP contribution is 2.30. The largest absolute Gasteiger partial charge is 0.379 e. The summed E-state index contributed by atoms with van der Waals surface area (Å²) in [5.74, 6) is 2.46. The van der Waals surface area contributed by atoms with Crippen molar-refractivity contribution < 1.29 is 28.5 Å². The van der Waals surface area contributed by atoms with Crippen LogP contribution in [0.3, 0.4) is 0 Å². The second-order valence-corrected chi connectivity index (χ2v) is 24.9. The summed E-state index contributed by atoms with van der Waals surface area (Å²) in [4.78, 5) is 14.4. The van der Waals surface area contributed by atoms with E-state index in [-0.39, 0.29) is 39.5 Å². The van der Waals surface area contributed by atoms with Gasteiger partial charge in [0.25, 0.3) is 0 Å². The van der Waals surface area contributed by atoms with E-state index in [0.29, 0.717) is 69.2 Å². The van der Waals surface area contributed by atoms with Crippen LogP contribution in [0.4, 0.5) is 0 Å². The molecule has 0 fully saturated rings. The van der Waals surface area contributed by atoms with Gasteiger partial charge < -0.3 is 23.7 Å². The molecule has 342 valence electrons. The highest BCUT2D eigenvalue weighted by molar-refractivity contribution is 5.85. The summed E-state index contributed by atoms with van der Waals surface area (Å²) in [6.07, 6.45) is 8.34. The van der Waals surface area contributed by atoms with Crippen molar-refractivity contribution in [2.75, 3.05) is 46.2 Å². The molecule has 6 heteroatoms. The van der Waals surface area contributed by atoms with Gasteiger partial charge in [0, 0.05) is 33.0 Å². The number of ether oxygens (including phenoxy) is 5. The van der Waals surface area contributed by atoms with Crippen LogP contribution in [0.1, 0.15) is 203 Å². The molecule has 0 rings (SSSR count). The standard InChI is InChI=1S/C51H102O6/c1-38(31-47(6,7)8)21-26-53-36-43(52)45(56-29-24-41(4)34-50(15,16)17)46(57-30-25-42(5)35-51(18,19)20)44(55-28-23-40(3)33-49(12,13)14)37-54-27-22-39(2)32-48(9,10)11/h38-42,44-46H,21-37H2,1-20H3/t38?,39?,40?,41?,42?,44-,45+,46+/m1/s1. The average Bonchev–Trinajstić information content (AvgIpc) is 2.97. The summed E-state index contributed by atoms with van der Waals surface area (Å²) < 4.78 is 33.1. The topological polar surface area (TPSA) is 63.2 Å². The molecule has 0 bridgehead atoms. The zero-order chi connectivity index (χ0) is 44.3. The van der Waals surface area contributed by atoms with Gasteiger partial charge in [0.1, 0.15) is 24.9 Å². The van der Waals surface area contributed by atoms with Crippen molar-refractivity contribution in [2.24, 2.45) is 56.7 Å². The van der Waals surface area contributed by atoms with Gasteiger partial charge in [-0.25, -0.2) is 0 Å². The molecule has 0 heterocycles. The first-order chi connectivity index (χ1) is 25.9. The molecule has 0 aliphatic carbocycles. The van der Waals surface area contributed by atoms with E-state index in [4.69, 9.17) is 23.7 Å². The van der Waals surface area contributed by atoms with Crippen molar-refractivity contribution >= 4 is 5.78 Å². The summed E-state index contributed by atoms with van der Waals surface area (Å²) in [7, 11) is 0. The lowest BCUT2D eigenvalue weighted by atomic mass is 9.84. The Kier molecular flexibility index (Phi) is 26.5. The highest BCUT2D eigenvalue weighted by atomic mass is 16.6. The minimum Gasteiger partial charge on any atom is -0.379 e.